The largest absolute Gasteiger partial charge is 0.352 e. The Kier molecular flexibility index (Phi) is 5.42. The van der Waals surface area contributed by atoms with Gasteiger partial charge in [0.05, 0.1) is 12.1 Å². The minimum Gasteiger partial charge on any atom is -0.352 e. The predicted octanol–water partition coefficient (Wildman–Crippen LogP) is 0.678. The highest BCUT2D eigenvalue weighted by molar-refractivity contribution is 5.89. The van der Waals surface area contributed by atoms with Crippen LogP contribution in [0, 0.1) is 12.8 Å². The molecule has 3 heterocycles. The third-order valence-electron chi connectivity index (χ3n) is 5.71. The van der Waals surface area contributed by atoms with Crippen LogP contribution in [0.3, 0.4) is 0 Å². The van der Waals surface area contributed by atoms with E-state index in [2.05, 4.69) is 22.2 Å². The van der Waals surface area contributed by atoms with Crippen molar-refractivity contribution < 1.29 is 9.59 Å². The standard InChI is InChI=1S/C18H29N5O2/c1-4-22-7-5-6-16(22)12-23-11-14(8-17(23)24)18(25)19-9-15-10-20-21(3)13(15)2/h10,14,16H,4-9,11-12H2,1-3H3,(H,19,25). The molecule has 0 saturated carbocycles. The average Bonchev–Trinajstić information content (AvgIpc) is 3.28. The van der Waals surface area contributed by atoms with Crippen molar-refractivity contribution in [3.8, 4) is 0 Å². The van der Waals surface area contributed by atoms with Crippen LogP contribution in [0.25, 0.3) is 0 Å². The minimum atomic E-state index is -0.235. The number of amides is 2. The maximum atomic E-state index is 12.5. The lowest BCUT2D eigenvalue weighted by molar-refractivity contribution is -0.129. The van der Waals surface area contributed by atoms with Gasteiger partial charge in [0.25, 0.3) is 0 Å². The van der Waals surface area contributed by atoms with Crippen LogP contribution in [-0.2, 0) is 23.2 Å². The summed E-state index contributed by atoms with van der Waals surface area (Å²) in [5.41, 5.74) is 2.06. The van der Waals surface area contributed by atoms with Gasteiger partial charge in [-0.1, -0.05) is 6.92 Å². The highest BCUT2D eigenvalue weighted by atomic mass is 16.2. The molecule has 2 atom stereocenters. The maximum Gasteiger partial charge on any atom is 0.225 e. The van der Waals surface area contributed by atoms with E-state index in [1.54, 1.807) is 10.9 Å². The molecule has 2 saturated heterocycles. The molecule has 3 rings (SSSR count). The smallest absolute Gasteiger partial charge is 0.225 e. The molecule has 1 N–H and O–H groups in total. The summed E-state index contributed by atoms with van der Waals surface area (Å²) < 4.78 is 1.80. The van der Waals surface area contributed by atoms with E-state index in [1.807, 2.05) is 18.9 Å². The molecule has 2 aliphatic heterocycles. The highest BCUT2D eigenvalue weighted by Gasteiger charge is 2.36. The number of likely N-dealkylation sites (N-methyl/N-ethyl adjacent to an activating group) is 1. The molecule has 2 amide bonds. The lowest BCUT2D eigenvalue weighted by Gasteiger charge is -2.27. The van der Waals surface area contributed by atoms with Crippen LogP contribution < -0.4 is 5.32 Å². The second-order valence-electron chi connectivity index (χ2n) is 7.22. The second kappa shape index (κ2) is 7.56. The van der Waals surface area contributed by atoms with Crippen molar-refractivity contribution in [3.63, 3.8) is 0 Å². The molecule has 7 nitrogen and oxygen atoms in total. The van der Waals surface area contributed by atoms with Crippen molar-refractivity contribution in [2.45, 2.75) is 45.7 Å². The first-order chi connectivity index (χ1) is 12.0. The van der Waals surface area contributed by atoms with E-state index in [1.165, 1.54) is 6.42 Å². The van der Waals surface area contributed by atoms with E-state index >= 15 is 0 Å². The monoisotopic (exact) mass is 347 g/mol. The number of rotatable bonds is 6. The van der Waals surface area contributed by atoms with Gasteiger partial charge in [0.1, 0.15) is 0 Å². The summed E-state index contributed by atoms with van der Waals surface area (Å²) in [5.74, 6) is -0.153. The van der Waals surface area contributed by atoms with Crippen molar-refractivity contribution in [2.75, 3.05) is 26.2 Å². The first kappa shape index (κ1) is 17.9. The highest BCUT2D eigenvalue weighted by Crippen LogP contribution is 2.23. The number of carbonyl (C=O) groups excluding carboxylic acids is 2. The average molecular weight is 347 g/mol. The molecule has 7 heteroatoms. The SMILES string of the molecule is CCN1CCCC1CN1CC(C(=O)NCc2cnn(C)c2C)CC1=O. The van der Waals surface area contributed by atoms with Crippen molar-refractivity contribution in [3.05, 3.63) is 17.5 Å². The first-order valence-electron chi connectivity index (χ1n) is 9.26. The van der Waals surface area contributed by atoms with E-state index in [9.17, 15) is 9.59 Å². The molecular weight excluding hydrogens is 318 g/mol. The Morgan fingerprint density at radius 1 is 1.44 bits per heavy atom. The van der Waals surface area contributed by atoms with Crippen LogP contribution in [0.1, 0.15) is 37.4 Å². The molecule has 0 radical (unpaired) electrons. The Labute approximate surface area is 149 Å². The second-order valence-corrected chi connectivity index (χ2v) is 7.22. The van der Waals surface area contributed by atoms with Gasteiger partial charge in [-0.15, -0.1) is 0 Å². The Hall–Kier alpha value is -1.89. The fraction of sp³-hybridized carbons (Fsp3) is 0.722. The molecule has 1 aromatic heterocycles. The Balaban J connectivity index is 1.51. The fourth-order valence-corrected chi connectivity index (χ4v) is 3.94. The van der Waals surface area contributed by atoms with Gasteiger partial charge in [-0.25, -0.2) is 0 Å². The van der Waals surface area contributed by atoms with Gasteiger partial charge in [-0.2, -0.15) is 5.10 Å². The van der Waals surface area contributed by atoms with Crippen LogP contribution in [-0.4, -0.2) is 63.6 Å². The molecule has 0 spiro atoms. The Bertz CT molecular complexity index is 641. The van der Waals surface area contributed by atoms with E-state index in [0.717, 1.165) is 37.3 Å². The molecule has 0 aromatic carbocycles. The van der Waals surface area contributed by atoms with Gasteiger partial charge in [-0.05, 0) is 32.9 Å². The lowest BCUT2D eigenvalue weighted by atomic mass is 10.1. The van der Waals surface area contributed by atoms with Gasteiger partial charge in [-0.3, -0.25) is 19.2 Å². The van der Waals surface area contributed by atoms with Gasteiger partial charge in [0, 0.05) is 50.4 Å². The quantitative estimate of drug-likeness (QED) is 0.821. The molecule has 138 valence electrons. The Morgan fingerprint density at radius 3 is 2.92 bits per heavy atom. The minimum absolute atomic E-state index is 0.0297. The summed E-state index contributed by atoms with van der Waals surface area (Å²) in [6, 6.07) is 0.453. The van der Waals surface area contributed by atoms with E-state index in [4.69, 9.17) is 0 Å². The zero-order chi connectivity index (χ0) is 18.0. The zero-order valence-electron chi connectivity index (χ0n) is 15.5. The third kappa shape index (κ3) is 3.86. The number of aromatic nitrogens is 2. The summed E-state index contributed by atoms with van der Waals surface area (Å²) in [5, 5.41) is 7.15. The van der Waals surface area contributed by atoms with Crippen molar-refractivity contribution in [1.82, 2.24) is 24.9 Å². The number of aryl methyl sites for hydroxylation is 1. The summed E-state index contributed by atoms with van der Waals surface area (Å²) >= 11 is 0. The van der Waals surface area contributed by atoms with Crippen molar-refractivity contribution >= 4 is 11.8 Å². The molecule has 25 heavy (non-hydrogen) atoms. The molecule has 2 fully saturated rings. The van der Waals surface area contributed by atoms with E-state index in [0.29, 0.717) is 25.6 Å². The predicted molar refractivity (Wildman–Crippen MR) is 94.7 cm³/mol. The number of likely N-dealkylation sites (tertiary alicyclic amines) is 2. The maximum absolute atomic E-state index is 12.5. The summed E-state index contributed by atoms with van der Waals surface area (Å²) in [4.78, 5) is 29.1. The third-order valence-corrected chi connectivity index (χ3v) is 5.71. The van der Waals surface area contributed by atoms with Gasteiger partial charge < -0.3 is 10.2 Å². The van der Waals surface area contributed by atoms with Crippen molar-refractivity contribution in [1.29, 1.82) is 0 Å². The summed E-state index contributed by atoms with van der Waals surface area (Å²) in [7, 11) is 1.89. The molecule has 0 aliphatic carbocycles. The van der Waals surface area contributed by atoms with Gasteiger partial charge >= 0.3 is 0 Å². The van der Waals surface area contributed by atoms with Crippen LogP contribution >= 0.6 is 0 Å². The van der Waals surface area contributed by atoms with Gasteiger partial charge in [0.15, 0.2) is 0 Å². The topological polar surface area (TPSA) is 70.5 Å². The molecular formula is C18H29N5O2. The molecule has 0 bridgehead atoms. The summed E-state index contributed by atoms with van der Waals surface area (Å²) in [6.07, 6.45) is 4.46. The van der Waals surface area contributed by atoms with Crippen LogP contribution in [0.15, 0.2) is 6.20 Å². The van der Waals surface area contributed by atoms with Crippen LogP contribution in [0.4, 0.5) is 0 Å². The Morgan fingerprint density at radius 2 is 2.24 bits per heavy atom. The van der Waals surface area contributed by atoms with Crippen LogP contribution in [0.2, 0.25) is 0 Å². The number of carbonyl (C=O) groups is 2. The normalized spacial score (nSPS) is 24.3. The fourth-order valence-electron chi connectivity index (χ4n) is 3.94. The zero-order valence-corrected chi connectivity index (χ0v) is 15.5. The number of nitrogens with zero attached hydrogens (tertiary/aromatic N) is 4. The first-order valence-corrected chi connectivity index (χ1v) is 9.26. The van der Waals surface area contributed by atoms with Crippen molar-refractivity contribution in [2.24, 2.45) is 13.0 Å². The molecule has 1 aromatic rings. The molecule has 2 aliphatic rings. The summed E-state index contributed by atoms with van der Waals surface area (Å²) in [6.45, 7) is 8.08. The van der Waals surface area contributed by atoms with E-state index < -0.39 is 0 Å². The van der Waals surface area contributed by atoms with E-state index in [-0.39, 0.29) is 17.7 Å². The number of hydrogen-bond acceptors (Lipinski definition) is 4. The van der Waals surface area contributed by atoms with Gasteiger partial charge in [0.2, 0.25) is 11.8 Å². The number of nitrogens with one attached hydrogen (secondary N) is 1. The van der Waals surface area contributed by atoms with Crippen LogP contribution in [0.5, 0.6) is 0 Å². The number of hydrogen-bond donors (Lipinski definition) is 1. The lowest BCUT2D eigenvalue weighted by Crippen LogP contribution is -2.41. The molecule has 2 unspecified atom stereocenters.